The van der Waals surface area contributed by atoms with Gasteiger partial charge in [-0.1, -0.05) is 41.9 Å². The van der Waals surface area contributed by atoms with Crippen molar-refractivity contribution in [1.82, 2.24) is 5.32 Å². The topological polar surface area (TPSA) is 41.1 Å². The molecule has 2 aromatic carbocycles. The monoisotopic (exact) mass is 292 g/mol. The molecule has 0 radical (unpaired) electrons. The van der Waals surface area contributed by atoms with Crippen LogP contribution in [0, 0.1) is 5.82 Å². The number of nitrogens with one attached hydrogen (secondary N) is 2. The predicted molar refractivity (Wildman–Crippen MR) is 78.4 cm³/mol. The number of halogens is 2. The Morgan fingerprint density at radius 1 is 1.20 bits per heavy atom. The Bertz CT molecular complexity index is 604. The highest BCUT2D eigenvalue weighted by molar-refractivity contribution is 6.31. The Hall–Kier alpha value is -2.07. The molecule has 3 nitrogen and oxygen atoms in total. The zero-order valence-corrected chi connectivity index (χ0v) is 11.6. The first-order chi connectivity index (χ1) is 9.56. The minimum absolute atomic E-state index is 0.0288. The van der Waals surface area contributed by atoms with Crippen LogP contribution < -0.4 is 10.6 Å². The SMILES string of the molecule is C[C@@H](NC(=O)Nc1ccc(F)c(Cl)c1)c1ccccc1. The van der Waals surface area contributed by atoms with Crippen LogP contribution in [0.15, 0.2) is 48.5 Å². The fraction of sp³-hybridized carbons (Fsp3) is 0.133. The van der Waals surface area contributed by atoms with Crippen molar-refractivity contribution in [3.05, 3.63) is 64.9 Å². The second kappa shape index (κ2) is 6.39. The summed E-state index contributed by atoms with van der Waals surface area (Å²) in [5.74, 6) is -0.518. The molecular weight excluding hydrogens is 279 g/mol. The second-order valence-electron chi connectivity index (χ2n) is 4.36. The van der Waals surface area contributed by atoms with Crippen molar-refractivity contribution >= 4 is 23.3 Å². The maximum absolute atomic E-state index is 13.0. The van der Waals surface area contributed by atoms with Crippen LogP contribution in [0.3, 0.4) is 0 Å². The Kier molecular flexibility index (Phi) is 4.58. The van der Waals surface area contributed by atoms with Crippen LogP contribution >= 0.6 is 11.6 Å². The van der Waals surface area contributed by atoms with Crippen molar-refractivity contribution < 1.29 is 9.18 Å². The molecule has 0 spiro atoms. The highest BCUT2D eigenvalue weighted by Gasteiger charge is 2.09. The lowest BCUT2D eigenvalue weighted by Crippen LogP contribution is -2.31. The van der Waals surface area contributed by atoms with Crippen molar-refractivity contribution in [1.29, 1.82) is 0 Å². The summed E-state index contributed by atoms with van der Waals surface area (Å²) in [7, 11) is 0. The molecule has 0 aliphatic rings. The molecule has 0 unspecified atom stereocenters. The van der Waals surface area contributed by atoms with Crippen molar-refractivity contribution in [2.75, 3.05) is 5.32 Å². The Balaban J connectivity index is 1.97. The molecule has 2 N–H and O–H groups in total. The number of urea groups is 1. The summed E-state index contributed by atoms with van der Waals surface area (Å²) in [6, 6.07) is 13.1. The van der Waals surface area contributed by atoms with Gasteiger partial charge in [0.15, 0.2) is 0 Å². The van der Waals surface area contributed by atoms with Gasteiger partial charge in [-0.3, -0.25) is 0 Å². The van der Waals surface area contributed by atoms with E-state index < -0.39 is 5.82 Å². The molecule has 0 aliphatic heterocycles. The summed E-state index contributed by atoms with van der Waals surface area (Å²) in [4.78, 5) is 11.8. The van der Waals surface area contributed by atoms with E-state index in [9.17, 15) is 9.18 Å². The highest BCUT2D eigenvalue weighted by atomic mass is 35.5. The number of carbonyl (C=O) groups excluding carboxylic acids is 1. The molecule has 0 saturated heterocycles. The Morgan fingerprint density at radius 2 is 1.90 bits per heavy atom. The van der Waals surface area contributed by atoms with Gasteiger partial charge in [-0.25, -0.2) is 9.18 Å². The van der Waals surface area contributed by atoms with E-state index >= 15 is 0 Å². The van der Waals surface area contributed by atoms with Gasteiger partial charge in [-0.15, -0.1) is 0 Å². The summed E-state index contributed by atoms with van der Waals surface area (Å²) in [6.07, 6.45) is 0. The third kappa shape index (κ3) is 3.71. The number of carbonyl (C=O) groups is 1. The average Bonchev–Trinajstić information content (AvgIpc) is 2.44. The van der Waals surface area contributed by atoms with E-state index in [1.54, 1.807) is 0 Å². The van der Waals surface area contributed by atoms with Crippen LogP contribution in [-0.4, -0.2) is 6.03 Å². The first-order valence-corrected chi connectivity index (χ1v) is 6.51. The van der Waals surface area contributed by atoms with Crippen LogP contribution in [-0.2, 0) is 0 Å². The molecule has 0 heterocycles. The molecular formula is C15H14ClFN2O. The lowest BCUT2D eigenvalue weighted by Gasteiger charge is -2.15. The Labute approximate surface area is 121 Å². The van der Waals surface area contributed by atoms with Crippen molar-refractivity contribution in [2.24, 2.45) is 0 Å². The van der Waals surface area contributed by atoms with Gasteiger partial charge in [0.25, 0.3) is 0 Å². The van der Waals surface area contributed by atoms with Gasteiger partial charge in [0.2, 0.25) is 0 Å². The van der Waals surface area contributed by atoms with Crippen LogP contribution in [0.1, 0.15) is 18.5 Å². The first-order valence-electron chi connectivity index (χ1n) is 6.14. The van der Waals surface area contributed by atoms with Crippen molar-refractivity contribution in [2.45, 2.75) is 13.0 Å². The van der Waals surface area contributed by atoms with Crippen molar-refractivity contribution in [3.63, 3.8) is 0 Å². The van der Waals surface area contributed by atoms with Crippen molar-refractivity contribution in [3.8, 4) is 0 Å². The third-order valence-electron chi connectivity index (χ3n) is 2.82. The molecule has 0 aliphatic carbocycles. The second-order valence-corrected chi connectivity index (χ2v) is 4.77. The van der Waals surface area contributed by atoms with Gasteiger partial charge in [-0.2, -0.15) is 0 Å². The number of hydrogen-bond donors (Lipinski definition) is 2. The lowest BCUT2D eigenvalue weighted by atomic mass is 10.1. The summed E-state index contributed by atoms with van der Waals surface area (Å²) < 4.78 is 13.0. The summed E-state index contributed by atoms with van der Waals surface area (Å²) in [5.41, 5.74) is 1.44. The van der Waals surface area contributed by atoms with Gasteiger partial charge in [-0.05, 0) is 30.7 Å². The average molecular weight is 293 g/mol. The standard InChI is InChI=1S/C15H14ClFN2O/c1-10(11-5-3-2-4-6-11)18-15(20)19-12-7-8-14(17)13(16)9-12/h2-10H,1H3,(H2,18,19,20)/t10-/m1/s1. The van der Waals surface area contributed by atoms with Crippen LogP contribution in [0.2, 0.25) is 5.02 Å². The normalized spacial score (nSPS) is 11.8. The first kappa shape index (κ1) is 14.3. The van der Waals surface area contributed by atoms with Crippen LogP contribution in [0.25, 0.3) is 0 Å². The summed E-state index contributed by atoms with van der Waals surface area (Å²) in [5, 5.41) is 5.37. The van der Waals surface area contributed by atoms with E-state index in [1.807, 2.05) is 37.3 Å². The molecule has 0 bridgehead atoms. The van der Waals surface area contributed by atoms with Gasteiger partial charge in [0.05, 0.1) is 11.1 Å². The molecule has 2 rings (SSSR count). The molecule has 104 valence electrons. The van der Waals surface area contributed by atoms with Crippen LogP contribution in [0.5, 0.6) is 0 Å². The van der Waals surface area contributed by atoms with Crippen LogP contribution in [0.4, 0.5) is 14.9 Å². The van der Waals surface area contributed by atoms with E-state index in [1.165, 1.54) is 18.2 Å². The van der Waals surface area contributed by atoms with E-state index in [4.69, 9.17) is 11.6 Å². The Morgan fingerprint density at radius 3 is 2.55 bits per heavy atom. The minimum atomic E-state index is -0.518. The molecule has 1 atom stereocenters. The fourth-order valence-electron chi connectivity index (χ4n) is 1.76. The molecule has 2 amide bonds. The number of amides is 2. The molecule has 20 heavy (non-hydrogen) atoms. The van der Waals surface area contributed by atoms with Gasteiger partial charge >= 0.3 is 6.03 Å². The molecule has 0 fully saturated rings. The zero-order chi connectivity index (χ0) is 14.5. The van der Waals surface area contributed by atoms with Gasteiger partial charge in [0, 0.05) is 5.69 Å². The lowest BCUT2D eigenvalue weighted by molar-refractivity contribution is 0.249. The molecule has 2 aromatic rings. The maximum atomic E-state index is 13.0. The largest absolute Gasteiger partial charge is 0.331 e. The van der Waals surface area contributed by atoms with E-state index in [0.29, 0.717) is 5.69 Å². The highest BCUT2D eigenvalue weighted by Crippen LogP contribution is 2.19. The third-order valence-corrected chi connectivity index (χ3v) is 3.11. The zero-order valence-electron chi connectivity index (χ0n) is 10.9. The fourth-order valence-corrected chi connectivity index (χ4v) is 1.94. The number of hydrogen-bond acceptors (Lipinski definition) is 1. The van der Waals surface area contributed by atoms with E-state index in [2.05, 4.69) is 10.6 Å². The number of rotatable bonds is 3. The minimum Gasteiger partial charge on any atom is -0.331 e. The maximum Gasteiger partial charge on any atom is 0.319 e. The van der Waals surface area contributed by atoms with E-state index in [0.717, 1.165) is 5.56 Å². The molecule has 0 saturated carbocycles. The molecule has 5 heteroatoms. The summed E-state index contributed by atoms with van der Waals surface area (Å²) >= 11 is 5.65. The van der Waals surface area contributed by atoms with E-state index in [-0.39, 0.29) is 17.1 Å². The van der Waals surface area contributed by atoms with Gasteiger partial charge in [0.1, 0.15) is 5.82 Å². The smallest absolute Gasteiger partial charge is 0.319 e. The quantitative estimate of drug-likeness (QED) is 0.867. The number of benzene rings is 2. The molecule has 0 aromatic heterocycles. The van der Waals surface area contributed by atoms with Gasteiger partial charge < -0.3 is 10.6 Å². The summed E-state index contributed by atoms with van der Waals surface area (Å²) in [6.45, 7) is 1.88. The number of anilines is 1. The predicted octanol–water partition coefficient (Wildman–Crippen LogP) is 4.36.